The average molecular weight is 311 g/mol. The van der Waals surface area contributed by atoms with E-state index in [1.165, 1.54) is 11.3 Å². The van der Waals surface area contributed by atoms with Gasteiger partial charge in [-0.05, 0) is 31.5 Å². The standard InChI is InChI=1S/C14H15ClN2O2S/c1-8-4-5-10(6-11(8)15)17-14(18)13-9(2)16-12(20-13)7-19-3/h4-6H,7H2,1-3H3,(H,17,18). The number of hydrogen-bond acceptors (Lipinski definition) is 4. The molecule has 1 N–H and O–H groups in total. The summed E-state index contributed by atoms with van der Waals surface area (Å²) < 4.78 is 5.02. The summed E-state index contributed by atoms with van der Waals surface area (Å²) in [7, 11) is 1.60. The van der Waals surface area contributed by atoms with Crippen LogP contribution in [-0.4, -0.2) is 18.0 Å². The van der Waals surface area contributed by atoms with Gasteiger partial charge in [-0.3, -0.25) is 4.79 Å². The minimum absolute atomic E-state index is 0.178. The number of aromatic nitrogens is 1. The van der Waals surface area contributed by atoms with Crippen LogP contribution in [0, 0.1) is 13.8 Å². The summed E-state index contributed by atoms with van der Waals surface area (Å²) in [5, 5.41) is 4.25. The highest BCUT2D eigenvalue weighted by Crippen LogP contribution is 2.23. The lowest BCUT2D eigenvalue weighted by Crippen LogP contribution is -2.11. The van der Waals surface area contributed by atoms with Crippen LogP contribution in [0.3, 0.4) is 0 Å². The highest BCUT2D eigenvalue weighted by Gasteiger charge is 2.15. The van der Waals surface area contributed by atoms with Crippen LogP contribution in [0.5, 0.6) is 0 Å². The third kappa shape index (κ3) is 3.36. The Bertz CT molecular complexity index is 640. The maximum atomic E-state index is 12.2. The Labute approximate surface area is 126 Å². The van der Waals surface area contributed by atoms with Crippen molar-refractivity contribution in [1.29, 1.82) is 0 Å². The quantitative estimate of drug-likeness (QED) is 0.934. The van der Waals surface area contributed by atoms with Gasteiger partial charge in [0.05, 0.1) is 12.3 Å². The molecule has 106 valence electrons. The maximum Gasteiger partial charge on any atom is 0.267 e. The molecule has 0 aliphatic carbocycles. The van der Waals surface area contributed by atoms with Gasteiger partial charge in [-0.15, -0.1) is 11.3 Å². The molecule has 0 fully saturated rings. The Morgan fingerprint density at radius 3 is 2.85 bits per heavy atom. The van der Waals surface area contributed by atoms with Gasteiger partial charge in [0.25, 0.3) is 5.91 Å². The average Bonchev–Trinajstić information content (AvgIpc) is 2.75. The predicted octanol–water partition coefficient (Wildman–Crippen LogP) is 3.81. The molecule has 0 aliphatic heterocycles. The lowest BCUT2D eigenvalue weighted by molar-refractivity contribution is 0.103. The number of ether oxygens (including phenoxy) is 1. The topological polar surface area (TPSA) is 51.2 Å². The van der Waals surface area contributed by atoms with E-state index >= 15 is 0 Å². The van der Waals surface area contributed by atoms with Crippen LogP contribution in [0.25, 0.3) is 0 Å². The zero-order chi connectivity index (χ0) is 14.7. The van der Waals surface area contributed by atoms with E-state index in [0.29, 0.717) is 27.9 Å². The number of methoxy groups -OCH3 is 1. The monoisotopic (exact) mass is 310 g/mol. The van der Waals surface area contributed by atoms with E-state index in [1.54, 1.807) is 13.2 Å². The van der Waals surface area contributed by atoms with Crippen molar-refractivity contribution in [3.05, 3.63) is 44.4 Å². The first kappa shape index (κ1) is 15.0. The molecule has 0 atom stereocenters. The number of halogens is 1. The molecule has 1 amide bonds. The van der Waals surface area contributed by atoms with Crippen LogP contribution in [0.2, 0.25) is 5.02 Å². The number of thiazole rings is 1. The van der Waals surface area contributed by atoms with E-state index in [0.717, 1.165) is 10.6 Å². The smallest absolute Gasteiger partial charge is 0.267 e. The molecule has 0 unspecified atom stereocenters. The third-order valence-corrected chi connectivity index (χ3v) is 4.28. The van der Waals surface area contributed by atoms with Crippen LogP contribution >= 0.6 is 22.9 Å². The molecule has 0 saturated heterocycles. The molecule has 20 heavy (non-hydrogen) atoms. The number of benzene rings is 1. The largest absolute Gasteiger partial charge is 0.378 e. The summed E-state index contributed by atoms with van der Waals surface area (Å²) in [4.78, 5) is 17.1. The van der Waals surface area contributed by atoms with E-state index in [1.807, 2.05) is 26.0 Å². The molecule has 1 aromatic heterocycles. The van der Waals surface area contributed by atoms with Crippen molar-refractivity contribution >= 4 is 34.5 Å². The summed E-state index contributed by atoms with van der Waals surface area (Å²) in [5.41, 5.74) is 2.35. The molecule has 1 heterocycles. The summed E-state index contributed by atoms with van der Waals surface area (Å²) in [6.07, 6.45) is 0. The fourth-order valence-electron chi connectivity index (χ4n) is 1.71. The van der Waals surface area contributed by atoms with E-state index in [9.17, 15) is 4.79 Å². The van der Waals surface area contributed by atoms with Gasteiger partial charge in [-0.1, -0.05) is 17.7 Å². The first-order valence-corrected chi connectivity index (χ1v) is 7.23. The van der Waals surface area contributed by atoms with Crippen molar-refractivity contribution in [2.75, 3.05) is 12.4 Å². The first-order chi connectivity index (χ1) is 9.51. The van der Waals surface area contributed by atoms with Gasteiger partial charge in [-0.25, -0.2) is 4.98 Å². The van der Waals surface area contributed by atoms with Crippen LogP contribution in [0.15, 0.2) is 18.2 Å². The zero-order valence-electron chi connectivity index (χ0n) is 11.5. The fourth-order valence-corrected chi connectivity index (χ4v) is 2.82. The summed E-state index contributed by atoms with van der Waals surface area (Å²) >= 11 is 7.38. The lowest BCUT2D eigenvalue weighted by Gasteiger charge is -2.05. The minimum atomic E-state index is -0.178. The fraction of sp³-hybridized carbons (Fsp3) is 0.286. The van der Waals surface area contributed by atoms with Crippen molar-refractivity contribution in [3.63, 3.8) is 0 Å². The number of nitrogens with one attached hydrogen (secondary N) is 1. The Hall–Kier alpha value is -1.43. The normalized spacial score (nSPS) is 10.6. The second kappa shape index (κ2) is 6.35. The van der Waals surface area contributed by atoms with Crippen molar-refractivity contribution < 1.29 is 9.53 Å². The molecule has 0 radical (unpaired) electrons. The van der Waals surface area contributed by atoms with Gasteiger partial charge >= 0.3 is 0 Å². The third-order valence-electron chi connectivity index (χ3n) is 2.74. The molecule has 1 aromatic carbocycles. The van der Waals surface area contributed by atoms with Crippen LogP contribution in [0.4, 0.5) is 5.69 Å². The SMILES string of the molecule is COCc1nc(C)c(C(=O)Nc2ccc(C)c(Cl)c2)s1. The molecule has 0 spiro atoms. The molecular formula is C14H15ClN2O2S. The van der Waals surface area contributed by atoms with Gasteiger partial charge in [0, 0.05) is 17.8 Å². The van der Waals surface area contributed by atoms with Gasteiger partial charge in [-0.2, -0.15) is 0 Å². The molecule has 0 bridgehead atoms. The van der Waals surface area contributed by atoms with Crippen molar-refractivity contribution in [2.24, 2.45) is 0 Å². The number of amides is 1. The number of hydrogen-bond donors (Lipinski definition) is 1. The van der Waals surface area contributed by atoms with E-state index in [4.69, 9.17) is 16.3 Å². The lowest BCUT2D eigenvalue weighted by atomic mass is 10.2. The second-order valence-electron chi connectivity index (χ2n) is 4.37. The minimum Gasteiger partial charge on any atom is -0.378 e. The predicted molar refractivity (Wildman–Crippen MR) is 81.7 cm³/mol. The van der Waals surface area contributed by atoms with Gasteiger partial charge in [0.1, 0.15) is 9.88 Å². The number of rotatable bonds is 4. The van der Waals surface area contributed by atoms with E-state index in [2.05, 4.69) is 10.3 Å². The molecule has 2 rings (SSSR count). The number of anilines is 1. The van der Waals surface area contributed by atoms with Crippen molar-refractivity contribution in [2.45, 2.75) is 20.5 Å². The van der Waals surface area contributed by atoms with Crippen LogP contribution in [0.1, 0.15) is 25.9 Å². The number of carbonyl (C=O) groups excluding carboxylic acids is 1. The van der Waals surface area contributed by atoms with Gasteiger partial charge < -0.3 is 10.1 Å². The summed E-state index contributed by atoms with van der Waals surface area (Å²) in [5.74, 6) is -0.178. The maximum absolute atomic E-state index is 12.2. The number of nitrogens with zero attached hydrogens (tertiary/aromatic N) is 1. The van der Waals surface area contributed by atoms with Crippen LogP contribution < -0.4 is 5.32 Å². The molecular weight excluding hydrogens is 296 g/mol. The summed E-state index contributed by atoms with van der Waals surface area (Å²) in [6, 6.07) is 5.43. The Kier molecular flexibility index (Phi) is 4.75. The Morgan fingerprint density at radius 2 is 2.20 bits per heavy atom. The molecule has 0 aliphatic rings. The molecule has 4 nitrogen and oxygen atoms in total. The molecule has 0 saturated carbocycles. The molecule has 6 heteroatoms. The van der Waals surface area contributed by atoms with E-state index < -0.39 is 0 Å². The second-order valence-corrected chi connectivity index (χ2v) is 5.86. The number of carbonyl (C=O) groups is 1. The van der Waals surface area contributed by atoms with Gasteiger partial charge in [0.15, 0.2) is 0 Å². The van der Waals surface area contributed by atoms with E-state index in [-0.39, 0.29) is 5.91 Å². The number of aryl methyl sites for hydroxylation is 2. The Balaban J connectivity index is 2.17. The van der Waals surface area contributed by atoms with Crippen molar-refractivity contribution in [3.8, 4) is 0 Å². The zero-order valence-corrected chi connectivity index (χ0v) is 13.1. The molecule has 2 aromatic rings. The Morgan fingerprint density at radius 1 is 1.45 bits per heavy atom. The summed E-state index contributed by atoms with van der Waals surface area (Å²) in [6.45, 7) is 4.14. The van der Waals surface area contributed by atoms with Crippen molar-refractivity contribution in [1.82, 2.24) is 4.98 Å². The highest BCUT2D eigenvalue weighted by atomic mass is 35.5. The highest BCUT2D eigenvalue weighted by molar-refractivity contribution is 7.13. The first-order valence-electron chi connectivity index (χ1n) is 6.04. The van der Waals surface area contributed by atoms with Gasteiger partial charge in [0.2, 0.25) is 0 Å². The van der Waals surface area contributed by atoms with Crippen LogP contribution in [-0.2, 0) is 11.3 Å².